The van der Waals surface area contributed by atoms with Gasteiger partial charge in [-0.2, -0.15) is 0 Å². The summed E-state index contributed by atoms with van der Waals surface area (Å²) in [5.74, 6) is -0.109. The van der Waals surface area contributed by atoms with Crippen molar-refractivity contribution in [3.8, 4) is 11.5 Å². The molecule has 132 valence electrons. The van der Waals surface area contributed by atoms with Crippen LogP contribution >= 0.6 is 11.8 Å². The van der Waals surface area contributed by atoms with Crippen LogP contribution in [0.3, 0.4) is 0 Å². The van der Waals surface area contributed by atoms with Gasteiger partial charge in [-0.15, -0.1) is 11.8 Å². The van der Waals surface area contributed by atoms with Crippen LogP contribution in [0.5, 0.6) is 11.5 Å². The normalized spacial score (nSPS) is 10.0. The Labute approximate surface area is 150 Å². The summed E-state index contributed by atoms with van der Waals surface area (Å²) < 4.78 is 15.3. The Balaban J connectivity index is 1.93. The maximum absolute atomic E-state index is 12.1. The average molecular weight is 361 g/mol. The van der Waals surface area contributed by atoms with E-state index in [0.717, 1.165) is 4.90 Å². The predicted molar refractivity (Wildman–Crippen MR) is 96.7 cm³/mol. The maximum Gasteiger partial charge on any atom is 0.338 e. The fourth-order valence-corrected chi connectivity index (χ4v) is 2.53. The van der Waals surface area contributed by atoms with E-state index in [2.05, 4.69) is 5.32 Å². The number of amides is 1. The third-order valence-electron chi connectivity index (χ3n) is 3.31. The Morgan fingerprint density at radius 3 is 2.48 bits per heavy atom. The van der Waals surface area contributed by atoms with Crippen LogP contribution < -0.4 is 14.8 Å². The van der Waals surface area contributed by atoms with Gasteiger partial charge in [0, 0.05) is 10.6 Å². The van der Waals surface area contributed by atoms with Gasteiger partial charge >= 0.3 is 5.97 Å². The molecule has 0 unspecified atom stereocenters. The summed E-state index contributed by atoms with van der Waals surface area (Å²) in [5.41, 5.74) is 0.925. The summed E-state index contributed by atoms with van der Waals surface area (Å²) >= 11 is 1.57. The van der Waals surface area contributed by atoms with Gasteiger partial charge in [0.1, 0.15) is 0 Å². The van der Waals surface area contributed by atoms with E-state index in [-0.39, 0.29) is 12.2 Å². The number of thioether (sulfide) groups is 1. The second-order valence-electron chi connectivity index (χ2n) is 4.93. The summed E-state index contributed by atoms with van der Waals surface area (Å²) in [6.07, 6.45) is 1.95. The molecule has 2 aromatic rings. The van der Waals surface area contributed by atoms with Crippen molar-refractivity contribution in [3.63, 3.8) is 0 Å². The fourth-order valence-electron chi connectivity index (χ4n) is 2.08. The highest BCUT2D eigenvalue weighted by Gasteiger charge is 2.13. The quantitative estimate of drug-likeness (QED) is 0.603. The first kappa shape index (κ1) is 18.7. The molecule has 0 radical (unpaired) electrons. The lowest BCUT2D eigenvalue weighted by atomic mass is 10.2. The molecule has 0 atom stereocenters. The number of hydrogen-bond donors (Lipinski definition) is 1. The van der Waals surface area contributed by atoms with Gasteiger partial charge in [-0.3, -0.25) is 4.79 Å². The van der Waals surface area contributed by atoms with E-state index < -0.39 is 11.9 Å². The number of esters is 1. The first-order valence-corrected chi connectivity index (χ1v) is 8.63. The van der Waals surface area contributed by atoms with E-state index in [0.29, 0.717) is 17.2 Å². The second kappa shape index (κ2) is 8.98. The van der Waals surface area contributed by atoms with Gasteiger partial charge in [-0.25, -0.2) is 4.79 Å². The van der Waals surface area contributed by atoms with Crippen molar-refractivity contribution in [3.05, 3.63) is 48.0 Å². The molecule has 0 spiro atoms. The van der Waals surface area contributed by atoms with Crippen LogP contribution in [-0.4, -0.2) is 39.0 Å². The van der Waals surface area contributed by atoms with Crippen molar-refractivity contribution >= 4 is 29.3 Å². The molecule has 7 heteroatoms. The molecule has 0 heterocycles. The molecular weight excluding hydrogens is 342 g/mol. The van der Waals surface area contributed by atoms with Crippen molar-refractivity contribution < 1.29 is 23.8 Å². The van der Waals surface area contributed by atoms with Gasteiger partial charge in [0.05, 0.1) is 19.8 Å². The van der Waals surface area contributed by atoms with E-state index in [1.54, 1.807) is 30.0 Å². The maximum atomic E-state index is 12.1. The zero-order valence-electron chi connectivity index (χ0n) is 14.2. The van der Waals surface area contributed by atoms with Crippen LogP contribution in [-0.2, 0) is 9.53 Å². The Kier molecular flexibility index (Phi) is 6.71. The lowest BCUT2D eigenvalue weighted by Crippen LogP contribution is -2.21. The summed E-state index contributed by atoms with van der Waals surface area (Å²) in [6, 6.07) is 12.1. The molecule has 0 aliphatic heterocycles. The van der Waals surface area contributed by atoms with Gasteiger partial charge < -0.3 is 19.5 Å². The van der Waals surface area contributed by atoms with Gasteiger partial charge in [-0.1, -0.05) is 6.07 Å². The van der Waals surface area contributed by atoms with Crippen molar-refractivity contribution in [1.82, 2.24) is 0 Å². The number of carbonyl (C=O) groups is 2. The van der Waals surface area contributed by atoms with Crippen molar-refractivity contribution in [2.45, 2.75) is 4.90 Å². The first-order valence-electron chi connectivity index (χ1n) is 7.40. The minimum Gasteiger partial charge on any atom is -0.493 e. The molecule has 25 heavy (non-hydrogen) atoms. The molecule has 2 rings (SSSR count). The highest BCUT2D eigenvalue weighted by Crippen LogP contribution is 2.27. The number of rotatable bonds is 7. The Morgan fingerprint density at radius 1 is 1.04 bits per heavy atom. The molecule has 1 amide bonds. The molecule has 0 saturated carbocycles. The third kappa shape index (κ3) is 5.15. The Bertz CT molecular complexity index is 763. The van der Waals surface area contributed by atoms with Gasteiger partial charge in [0.15, 0.2) is 18.1 Å². The minimum absolute atomic E-state index is 0.273. The van der Waals surface area contributed by atoms with Gasteiger partial charge in [0.2, 0.25) is 0 Å². The summed E-state index contributed by atoms with van der Waals surface area (Å²) in [5, 5.41) is 2.69. The summed E-state index contributed by atoms with van der Waals surface area (Å²) in [7, 11) is 2.98. The number of ether oxygens (including phenoxy) is 3. The predicted octanol–water partition coefficient (Wildman–Crippen LogP) is 3.22. The van der Waals surface area contributed by atoms with Crippen LogP contribution in [0.15, 0.2) is 47.4 Å². The molecule has 0 bridgehead atoms. The number of hydrogen-bond acceptors (Lipinski definition) is 6. The van der Waals surface area contributed by atoms with Crippen molar-refractivity contribution in [1.29, 1.82) is 0 Å². The third-order valence-corrected chi connectivity index (χ3v) is 4.03. The van der Waals surface area contributed by atoms with Crippen LogP contribution in [0.1, 0.15) is 10.4 Å². The SMILES string of the molecule is COc1ccc(C(=O)OCC(=O)Nc2cccc(SC)c2)cc1OC. The molecule has 6 nitrogen and oxygen atoms in total. The van der Waals surface area contributed by atoms with E-state index in [4.69, 9.17) is 14.2 Å². The monoisotopic (exact) mass is 361 g/mol. The van der Waals surface area contributed by atoms with E-state index in [9.17, 15) is 9.59 Å². The standard InChI is InChI=1S/C18H19NO5S/c1-22-15-8-7-12(9-16(15)23-2)18(21)24-11-17(20)19-13-5-4-6-14(10-13)25-3/h4-10H,11H2,1-3H3,(H,19,20). The van der Waals surface area contributed by atoms with Crippen molar-refractivity contribution in [2.24, 2.45) is 0 Å². The average Bonchev–Trinajstić information content (AvgIpc) is 2.65. The number of benzene rings is 2. The minimum atomic E-state index is -0.617. The van der Waals surface area contributed by atoms with Crippen LogP contribution in [0.4, 0.5) is 5.69 Å². The molecule has 0 saturated heterocycles. The topological polar surface area (TPSA) is 73.9 Å². The Morgan fingerprint density at radius 2 is 1.80 bits per heavy atom. The molecule has 1 N–H and O–H groups in total. The van der Waals surface area contributed by atoms with Crippen LogP contribution in [0, 0.1) is 0 Å². The zero-order chi connectivity index (χ0) is 18.2. The van der Waals surface area contributed by atoms with Gasteiger partial charge in [-0.05, 0) is 42.7 Å². The molecule has 0 aromatic heterocycles. The smallest absolute Gasteiger partial charge is 0.338 e. The molecule has 0 aliphatic carbocycles. The van der Waals surface area contributed by atoms with Crippen molar-refractivity contribution in [2.75, 3.05) is 32.4 Å². The number of anilines is 1. The Hall–Kier alpha value is -2.67. The summed E-state index contributed by atoms with van der Waals surface area (Å²) in [4.78, 5) is 25.0. The zero-order valence-corrected chi connectivity index (χ0v) is 15.0. The number of carbonyl (C=O) groups excluding carboxylic acids is 2. The van der Waals surface area contributed by atoms with Gasteiger partial charge in [0.25, 0.3) is 5.91 Å². The molecule has 2 aromatic carbocycles. The highest BCUT2D eigenvalue weighted by molar-refractivity contribution is 7.98. The number of methoxy groups -OCH3 is 2. The lowest BCUT2D eigenvalue weighted by Gasteiger charge is -2.10. The second-order valence-corrected chi connectivity index (χ2v) is 5.81. The molecular formula is C18H19NO5S. The highest BCUT2D eigenvalue weighted by atomic mass is 32.2. The molecule has 0 aliphatic rings. The molecule has 0 fully saturated rings. The largest absolute Gasteiger partial charge is 0.493 e. The fraction of sp³-hybridized carbons (Fsp3) is 0.222. The first-order chi connectivity index (χ1) is 12.1. The van der Waals surface area contributed by atoms with E-state index in [1.807, 2.05) is 24.5 Å². The van der Waals surface area contributed by atoms with Crippen LogP contribution in [0.25, 0.3) is 0 Å². The summed E-state index contributed by atoms with van der Waals surface area (Å²) in [6.45, 7) is -0.378. The van der Waals surface area contributed by atoms with E-state index in [1.165, 1.54) is 20.3 Å². The lowest BCUT2D eigenvalue weighted by molar-refractivity contribution is -0.119. The number of nitrogens with one attached hydrogen (secondary N) is 1. The van der Waals surface area contributed by atoms with Crippen LogP contribution in [0.2, 0.25) is 0 Å². The van der Waals surface area contributed by atoms with E-state index >= 15 is 0 Å².